The smallest absolute Gasteiger partial charge is 0.0314 e. The number of anilines is 1. The van der Waals surface area contributed by atoms with Crippen molar-refractivity contribution in [3.8, 4) is 0 Å². The summed E-state index contributed by atoms with van der Waals surface area (Å²) >= 11 is 0. The van der Waals surface area contributed by atoms with Gasteiger partial charge in [0, 0.05) is 5.69 Å². The van der Waals surface area contributed by atoms with Crippen molar-refractivity contribution in [3.05, 3.63) is 29.8 Å². The maximum atomic E-state index is 5.82. The third-order valence-corrected chi connectivity index (χ3v) is 6.34. The molecule has 5 rings (SSSR count). The van der Waals surface area contributed by atoms with E-state index in [9.17, 15) is 0 Å². The van der Waals surface area contributed by atoms with Crippen LogP contribution in [-0.2, 0) is 0 Å². The first kappa shape index (κ1) is 11.8. The predicted molar refractivity (Wildman–Crippen MR) is 79.8 cm³/mol. The molecule has 4 saturated carbocycles. The molecule has 0 aromatic heterocycles. The molecular weight excluding hydrogens is 230 g/mol. The van der Waals surface area contributed by atoms with Crippen molar-refractivity contribution in [3.63, 3.8) is 0 Å². The number of nitrogen functional groups attached to an aromatic ring is 1. The molecule has 0 radical (unpaired) electrons. The second-order valence-electron chi connectivity index (χ2n) is 7.46. The van der Waals surface area contributed by atoms with Crippen LogP contribution in [0.3, 0.4) is 0 Å². The number of benzene rings is 1. The molecular formula is C18H25N. The summed E-state index contributed by atoms with van der Waals surface area (Å²) in [5, 5.41) is 0. The number of hydrogen-bond donors (Lipinski definition) is 1. The van der Waals surface area contributed by atoms with Gasteiger partial charge in [0.05, 0.1) is 0 Å². The highest BCUT2D eigenvalue weighted by atomic mass is 14.6. The standard InChI is InChI=1S/C18H25N/c1-11(14-2-4-17(19)5-3-14)18-15-7-12-6-13(9-15)10-16(18)8-12/h2-5,11-13,15-16,18H,6-10,19H2,1H3. The van der Waals surface area contributed by atoms with Crippen molar-refractivity contribution in [1.82, 2.24) is 0 Å². The minimum absolute atomic E-state index is 0.718. The lowest BCUT2D eigenvalue weighted by atomic mass is 9.49. The SMILES string of the molecule is CC(c1ccc(N)cc1)C1C2CC3CC(C2)CC1C3. The highest BCUT2D eigenvalue weighted by Gasteiger charge is 2.49. The molecule has 2 N–H and O–H groups in total. The van der Waals surface area contributed by atoms with E-state index in [4.69, 9.17) is 5.73 Å². The Hall–Kier alpha value is -0.980. The minimum Gasteiger partial charge on any atom is -0.399 e. The molecule has 0 heterocycles. The van der Waals surface area contributed by atoms with Gasteiger partial charge >= 0.3 is 0 Å². The van der Waals surface area contributed by atoms with Gasteiger partial charge in [-0.3, -0.25) is 0 Å². The zero-order valence-corrected chi connectivity index (χ0v) is 11.9. The van der Waals surface area contributed by atoms with E-state index in [0.29, 0.717) is 0 Å². The maximum absolute atomic E-state index is 5.82. The van der Waals surface area contributed by atoms with Crippen molar-refractivity contribution in [2.24, 2.45) is 29.6 Å². The van der Waals surface area contributed by atoms with E-state index in [2.05, 4.69) is 31.2 Å². The van der Waals surface area contributed by atoms with Gasteiger partial charge in [0.15, 0.2) is 0 Å². The van der Waals surface area contributed by atoms with Gasteiger partial charge in [-0.15, -0.1) is 0 Å². The molecule has 4 aliphatic rings. The molecule has 0 saturated heterocycles. The average molecular weight is 255 g/mol. The largest absolute Gasteiger partial charge is 0.399 e. The summed E-state index contributed by atoms with van der Waals surface area (Å²) in [5.41, 5.74) is 8.22. The molecule has 1 aromatic rings. The zero-order chi connectivity index (χ0) is 13.0. The van der Waals surface area contributed by atoms with Crippen LogP contribution in [0, 0.1) is 29.6 Å². The average Bonchev–Trinajstić information content (AvgIpc) is 2.38. The summed E-state index contributed by atoms with van der Waals surface area (Å²) in [6.07, 6.45) is 7.65. The van der Waals surface area contributed by atoms with Crippen LogP contribution >= 0.6 is 0 Å². The van der Waals surface area contributed by atoms with Gasteiger partial charge in [0.1, 0.15) is 0 Å². The van der Waals surface area contributed by atoms with E-state index >= 15 is 0 Å². The Morgan fingerprint density at radius 1 is 0.895 bits per heavy atom. The van der Waals surface area contributed by atoms with Crippen molar-refractivity contribution >= 4 is 5.69 Å². The van der Waals surface area contributed by atoms with Crippen LogP contribution in [0.5, 0.6) is 0 Å². The van der Waals surface area contributed by atoms with E-state index in [1.807, 2.05) is 0 Å². The minimum atomic E-state index is 0.718. The highest BCUT2D eigenvalue weighted by Crippen LogP contribution is 2.59. The van der Waals surface area contributed by atoms with Crippen LogP contribution < -0.4 is 5.73 Å². The second kappa shape index (κ2) is 4.26. The quantitative estimate of drug-likeness (QED) is 0.777. The van der Waals surface area contributed by atoms with Crippen molar-refractivity contribution in [1.29, 1.82) is 0 Å². The predicted octanol–water partition coefficient (Wildman–Crippen LogP) is 4.44. The Morgan fingerprint density at radius 2 is 1.42 bits per heavy atom. The second-order valence-corrected chi connectivity index (χ2v) is 7.46. The molecule has 4 aliphatic carbocycles. The molecule has 4 fully saturated rings. The van der Waals surface area contributed by atoms with Crippen LogP contribution in [0.2, 0.25) is 0 Å². The third kappa shape index (κ3) is 1.89. The van der Waals surface area contributed by atoms with Crippen molar-refractivity contribution < 1.29 is 0 Å². The molecule has 19 heavy (non-hydrogen) atoms. The summed E-state index contributed by atoms with van der Waals surface area (Å²) in [4.78, 5) is 0. The first-order valence-corrected chi connectivity index (χ1v) is 8.06. The van der Waals surface area contributed by atoms with Crippen LogP contribution in [0.4, 0.5) is 5.69 Å². The summed E-state index contributed by atoms with van der Waals surface area (Å²) in [5.74, 6) is 5.86. The normalized spacial score (nSPS) is 41.4. The fourth-order valence-electron chi connectivity index (χ4n) is 5.81. The molecule has 4 bridgehead atoms. The molecule has 102 valence electrons. The first-order chi connectivity index (χ1) is 9.20. The maximum Gasteiger partial charge on any atom is 0.0314 e. The van der Waals surface area contributed by atoms with Gasteiger partial charge in [-0.2, -0.15) is 0 Å². The Balaban J connectivity index is 1.60. The third-order valence-electron chi connectivity index (χ3n) is 6.34. The number of rotatable bonds is 2. The Labute approximate surface area is 116 Å². The zero-order valence-electron chi connectivity index (χ0n) is 11.9. The van der Waals surface area contributed by atoms with Crippen LogP contribution in [0.1, 0.15) is 50.5 Å². The van der Waals surface area contributed by atoms with E-state index in [-0.39, 0.29) is 0 Å². The number of hydrogen-bond acceptors (Lipinski definition) is 1. The van der Waals surface area contributed by atoms with Crippen molar-refractivity contribution in [2.75, 3.05) is 5.73 Å². The lowest BCUT2D eigenvalue weighted by molar-refractivity contribution is -0.0455. The lowest BCUT2D eigenvalue weighted by Gasteiger charge is -2.56. The summed E-state index contributed by atoms with van der Waals surface area (Å²) in [7, 11) is 0. The van der Waals surface area contributed by atoms with Crippen LogP contribution in [0.15, 0.2) is 24.3 Å². The Kier molecular flexibility index (Phi) is 2.65. The van der Waals surface area contributed by atoms with Gasteiger partial charge in [-0.25, -0.2) is 0 Å². The first-order valence-electron chi connectivity index (χ1n) is 8.06. The van der Waals surface area contributed by atoms with Gasteiger partial charge < -0.3 is 5.73 Å². The van der Waals surface area contributed by atoms with E-state index < -0.39 is 0 Å². The van der Waals surface area contributed by atoms with Gasteiger partial charge in [0.25, 0.3) is 0 Å². The molecule has 1 atom stereocenters. The van der Waals surface area contributed by atoms with E-state index in [1.165, 1.54) is 31.2 Å². The van der Waals surface area contributed by atoms with E-state index in [0.717, 1.165) is 41.2 Å². The van der Waals surface area contributed by atoms with Gasteiger partial charge in [-0.05, 0) is 85.3 Å². The Morgan fingerprint density at radius 3 is 1.95 bits per heavy atom. The molecule has 1 heteroatoms. The fraction of sp³-hybridized carbons (Fsp3) is 0.667. The Bertz CT molecular complexity index is 433. The molecule has 0 aliphatic heterocycles. The number of nitrogens with two attached hydrogens (primary N) is 1. The molecule has 1 unspecified atom stereocenters. The summed E-state index contributed by atoms with van der Waals surface area (Å²) < 4.78 is 0. The van der Waals surface area contributed by atoms with Gasteiger partial charge in [0.2, 0.25) is 0 Å². The van der Waals surface area contributed by atoms with Gasteiger partial charge in [-0.1, -0.05) is 19.1 Å². The molecule has 0 spiro atoms. The monoisotopic (exact) mass is 255 g/mol. The van der Waals surface area contributed by atoms with Crippen LogP contribution in [0.25, 0.3) is 0 Å². The summed E-state index contributed by atoms with van der Waals surface area (Å²) in [6.45, 7) is 2.46. The lowest BCUT2D eigenvalue weighted by Crippen LogP contribution is -2.46. The topological polar surface area (TPSA) is 26.0 Å². The van der Waals surface area contributed by atoms with E-state index in [1.54, 1.807) is 6.42 Å². The molecule has 0 amide bonds. The summed E-state index contributed by atoms with van der Waals surface area (Å²) in [6, 6.07) is 8.65. The van der Waals surface area contributed by atoms with Crippen LogP contribution in [-0.4, -0.2) is 0 Å². The fourth-order valence-corrected chi connectivity index (χ4v) is 5.81. The molecule has 1 nitrogen and oxygen atoms in total. The highest BCUT2D eigenvalue weighted by molar-refractivity contribution is 5.40. The molecule has 1 aromatic carbocycles. The van der Waals surface area contributed by atoms with Crippen molar-refractivity contribution in [2.45, 2.75) is 44.9 Å².